The first-order valence-corrected chi connectivity index (χ1v) is 11.1. The second kappa shape index (κ2) is 7.46. The second-order valence-electron chi connectivity index (χ2n) is 7.29. The van der Waals surface area contributed by atoms with E-state index in [0.29, 0.717) is 47.3 Å². The topological polar surface area (TPSA) is 119 Å². The van der Waals surface area contributed by atoms with Crippen molar-refractivity contribution < 1.29 is 19.4 Å². The van der Waals surface area contributed by atoms with Gasteiger partial charge in [0, 0.05) is 19.3 Å². The SMILES string of the molecule is NC(=O)c1sc(Oc2ccc(C(=O)N3CC[C@@H](O)C3)nc2)c2c1CCc1cnsc1-2. The molecule has 5 rings (SSSR count). The van der Waals surface area contributed by atoms with Crippen molar-refractivity contribution >= 4 is 34.7 Å². The average molecular weight is 443 g/mol. The van der Waals surface area contributed by atoms with Gasteiger partial charge in [0.15, 0.2) is 5.06 Å². The number of fused-ring (bicyclic) bond motifs is 3. The summed E-state index contributed by atoms with van der Waals surface area (Å²) in [6.45, 7) is 0.849. The monoisotopic (exact) mass is 442 g/mol. The highest BCUT2D eigenvalue weighted by Crippen LogP contribution is 2.49. The highest BCUT2D eigenvalue weighted by molar-refractivity contribution is 7.17. The number of rotatable bonds is 4. The van der Waals surface area contributed by atoms with E-state index in [1.54, 1.807) is 17.0 Å². The zero-order valence-electron chi connectivity index (χ0n) is 15.8. The highest BCUT2D eigenvalue weighted by Gasteiger charge is 2.30. The van der Waals surface area contributed by atoms with Gasteiger partial charge in [-0.15, -0.1) is 0 Å². The quantitative estimate of drug-likeness (QED) is 0.641. The predicted molar refractivity (Wildman–Crippen MR) is 112 cm³/mol. The zero-order chi connectivity index (χ0) is 20.8. The first-order valence-electron chi connectivity index (χ1n) is 9.52. The number of pyridine rings is 1. The molecule has 1 atom stereocenters. The van der Waals surface area contributed by atoms with Gasteiger partial charge in [-0.1, -0.05) is 11.3 Å². The molecule has 0 saturated carbocycles. The summed E-state index contributed by atoms with van der Waals surface area (Å²) in [6, 6.07) is 3.29. The molecule has 0 unspecified atom stereocenters. The number of primary amides is 1. The van der Waals surface area contributed by atoms with Crippen molar-refractivity contribution in [3.8, 4) is 21.3 Å². The average Bonchev–Trinajstić information content (AvgIpc) is 3.46. The van der Waals surface area contributed by atoms with Gasteiger partial charge in [0.2, 0.25) is 0 Å². The van der Waals surface area contributed by atoms with Crippen LogP contribution in [0.1, 0.15) is 37.7 Å². The van der Waals surface area contributed by atoms with Crippen molar-refractivity contribution in [3.05, 3.63) is 46.2 Å². The highest BCUT2D eigenvalue weighted by atomic mass is 32.1. The number of hydrogen-bond acceptors (Lipinski definition) is 8. The molecule has 8 nitrogen and oxygen atoms in total. The van der Waals surface area contributed by atoms with E-state index in [9.17, 15) is 14.7 Å². The lowest BCUT2D eigenvalue weighted by molar-refractivity contribution is 0.0759. The van der Waals surface area contributed by atoms with E-state index in [1.165, 1.54) is 29.1 Å². The van der Waals surface area contributed by atoms with Crippen molar-refractivity contribution in [2.24, 2.45) is 5.73 Å². The molecule has 10 heteroatoms. The molecule has 0 aromatic carbocycles. The van der Waals surface area contributed by atoms with E-state index in [2.05, 4.69) is 9.36 Å². The first-order chi connectivity index (χ1) is 14.5. The number of amides is 2. The molecule has 4 heterocycles. The van der Waals surface area contributed by atoms with Gasteiger partial charge in [0.1, 0.15) is 11.4 Å². The Morgan fingerprint density at radius 1 is 1.27 bits per heavy atom. The molecule has 1 fully saturated rings. The summed E-state index contributed by atoms with van der Waals surface area (Å²) < 4.78 is 10.4. The van der Waals surface area contributed by atoms with Crippen LogP contribution in [0.4, 0.5) is 0 Å². The van der Waals surface area contributed by atoms with E-state index in [1.807, 2.05) is 6.20 Å². The van der Waals surface area contributed by atoms with Gasteiger partial charge < -0.3 is 20.5 Å². The summed E-state index contributed by atoms with van der Waals surface area (Å²) in [5.74, 6) is -0.215. The number of carbonyl (C=O) groups is 2. The van der Waals surface area contributed by atoms with Gasteiger partial charge in [-0.05, 0) is 54.1 Å². The molecule has 154 valence electrons. The Bertz CT molecular complexity index is 1140. The minimum absolute atomic E-state index is 0.211. The fourth-order valence-corrected chi connectivity index (χ4v) is 5.86. The van der Waals surface area contributed by atoms with Crippen LogP contribution in [0.2, 0.25) is 0 Å². The number of β-amino-alcohol motifs (C(OH)–C–C–N with tert-alkyl or cyclic N) is 1. The Labute approximate surface area is 180 Å². The summed E-state index contributed by atoms with van der Waals surface area (Å²) in [5.41, 5.74) is 8.82. The fraction of sp³-hybridized carbons (Fsp3) is 0.300. The minimum Gasteiger partial charge on any atom is -0.444 e. The number of ether oxygens (including phenoxy) is 1. The standard InChI is InChI=1S/C20H18N4O4S2/c21-18(26)17-13-3-1-10-7-23-30-16(10)15(13)20(29-17)28-12-2-4-14(22-8-12)19(27)24-6-5-11(25)9-24/h2,4,7-8,11,25H,1,3,5-6,9H2,(H2,21,26)/t11-/m1/s1. The van der Waals surface area contributed by atoms with Gasteiger partial charge in [0.05, 0.1) is 27.6 Å². The maximum atomic E-state index is 12.5. The van der Waals surface area contributed by atoms with Gasteiger partial charge in [-0.3, -0.25) is 9.59 Å². The molecule has 3 N–H and O–H groups in total. The number of aliphatic hydroxyl groups excluding tert-OH is 1. The Morgan fingerprint density at radius 3 is 2.83 bits per heavy atom. The number of nitrogens with two attached hydrogens (primary N) is 1. The van der Waals surface area contributed by atoms with Crippen LogP contribution in [0.3, 0.4) is 0 Å². The first kappa shape index (κ1) is 19.2. The molecule has 1 saturated heterocycles. The van der Waals surface area contributed by atoms with E-state index in [4.69, 9.17) is 10.5 Å². The number of likely N-dealkylation sites (tertiary alicyclic amines) is 1. The molecule has 30 heavy (non-hydrogen) atoms. The molecular formula is C20H18N4O4S2. The summed E-state index contributed by atoms with van der Waals surface area (Å²) in [5, 5.41) is 10.2. The van der Waals surface area contributed by atoms with Crippen LogP contribution in [-0.2, 0) is 12.8 Å². The Kier molecular flexibility index (Phi) is 4.76. The normalized spacial score (nSPS) is 17.5. The number of carbonyl (C=O) groups excluding carboxylic acids is 2. The van der Waals surface area contributed by atoms with Gasteiger partial charge in [-0.25, -0.2) is 9.36 Å². The predicted octanol–water partition coefficient (Wildman–Crippen LogP) is 2.46. The molecule has 0 spiro atoms. The molecule has 2 amide bonds. The Hall–Kier alpha value is -2.82. The zero-order valence-corrected chi connectivity index (χ0v) is 17.5. The van der Waals surface area contributed by atoms with E-state index in [-0.39, 0.29) is 5.91 Å². The van der Waals surface area contributed by atoms with Crippen molar-refractivity contribution in [3.63, 3.8) is 0 Å². The minimum atomic E-state index is -0.474. The van der Waals surface area contributed by atoms with Gasteiger partial charge >= 0.3 is 0 Å². The van der Waals surface area contributed by atoms with Crippen molar-refractivity contribution in [1.29, 1.82) is 0 Å². The lowest BCUT2D eigenvalue weighted by atomic mass is 9.93. The molecule has 2 aliphatic rings. The van der Waals surface area contributed by atoms with Gasteiger partial charge in [0.25, 0.3) is 11.8 Å². The van der Waals surface area contributed by atoms with E-state index in [0.717, 1.165) is 28.0 Å². The molecule has 1 aliphatic carbocycles. The number of aromatic nitrogens is 2. The number of hydrogen-bond donors (Lipinski definition) is 2. The Balaban J connectivity index is 1.43. The van der Waals surface area contributed by atoms with Crippen LogP contribution in [-0.4, -0.2) is 50.4 Å². The smallest absolute Gasteiger partial charge is 0.272 e. The lowest BCUT2D eigenvalue weighted by Gasteiger charge is -2.15. The lowest BCUT2D eigenvalue weighted by Crippen LogP contribution is -2.30. The number of aryl methyl sites for hydroxylation is 1. The maximum absolute atomic E-state index is 12.5. The largest absolute Gasteiger partial charge is 0.444 e. The summed E-state index contributed by atoms with van der Waals surface area (Å²) in [7, 11) is 0. The maximum Gasteiger partial charge on any atom is 0.272 e. The van der Waals surface area contributed by atoms with Crippen molar-refractivity contribution in [2.45, 2.75) is 25.4 Å². The van der Waals surface area contributed by atoms with Gasteiger partial charge in [-0.2, -0.15) is 0 Å². The number of aliphatic hydroxyl groups is 1. The van der Waals surface area contributed by atoms with E-state index < -0.39 is 12.0 Å². The van der Waals surface area contributed by atoms with Crippen molar-refractivity contribution in [1.82, 2.24) is 14.3 Å². The van der Waals surface area contributed by atoms with Crippen LogP contribution in [0.15, 0.2) is 24.5 Å². The van der Waals surface area contributed by atoms with Crippen LogP contribution in [0.25, 0.3) is 10.4 Å². The van der Waals surface area contributed by atoms with Crippen LogP contribution < -0.4 is 10.5 Å². The summed E-state index contributed by atoms with van der Waals surface area (Å²) in [4.78, 5) is 31.8. The third kappa shape index (κ3) is 3.26. The molecule has 0 bridgehead atoms. The molecular weight excluding hydrogens is 424 g/mol. The molecule has 1 aliphatic heterocycles. The Morgan fingerprint density at radius 2 is 2.13 bits per heavy atom. The van der Waals surface area contributed by atoms with Crippen LogP contribution in [0, 0.1) is 0 Å². The second-order valence-corrected chi connectivity index (χ2v) is 9.08. The number of nitrogens with zero attached hydrogens (tertiary/aromatic N) is 3. The van der Waals surface area contributed by atoms with Crippen LogP contribution >= 0.6 is 22.9 Å². The molecule has 3 aromatic rings. The third-order valence-corrected chi connectivity index (χ3v) is 7.31. The summed E-state index contributed by atoms with van der Waals surface area (Å²) >= 11 is 2.60. The third-order valence-electron chi connectivity index (χ3n) is 5.33. The number of thiophene rings is 1. The van der Waals surface area contributed by atoms with E-state index >= 15 is 0 Å². The molecule has 3 aromatic heterocycles. The molecule has 0 radical (unpaired) electrons. The van der Waals surface area contributed by atoms with Crippen molar-refractivity contribution in [2.75, 3.05) is 13.1 Å². The van der Waals surface area contributed by atoms with Crippen LogP contribution in [0.5, 0.6) is 10.8 Å². The fourth-order valence-electron chi connectivity index (χ4n) is 3.85. The summed E-state index contributed by atoms with van der Waals surface area (Å²) in [6.07, 6.45) is 4.98.